The van der Waals surface area contributed by atoms with Crippen molar-refractivity contribution in [2.45, 2.75) is 19.3 Å². The fourth-order valence-electron chi connectivity index (χ4n) is 2.25. The summed E-state index contributed by atoms with van der Waals surface area (Å²) >= 11 is 0. The van der Waals surface area contributed by atoms with E-state index in [4.69, 9.17) is 5.73 Å². The Balaban J connectivity index is 0.00000220. The van der Waals surface area contributed by atoms with Gasteiger partial charge in [0.1, 0.15) is 0 Å². The quantitative estimate of drug-likeness (QED) is 0.350. The first-order valence-corrected chi connectivity index (χ1v) is 7.15. The van der Waals surface area contributed by atoms with E-state index in [1.807, 2.05) is 18.2 Å². The number of guanidine groups is 1. The van der Waals surface area contributed by atoms with Crippen LogP contribution < -0.4 is 11.1 Å². The summed E-state index contributed by atoms with van der Waals surface area (Å²) < 4.78 is 0. The summed E-state index contributed by atoms with van der Waals surface area (Å²) in [5.74, 6) is 0.524. The maximum Gasteiger partial charge on any atom is 0.251 e. The molecule has 1 aliphatic heterocycles. The highest BCUT2D eigenvalue weighted by Gasteiger charge is 2.11. The monoisotopic (exact) mass is 402 g/mol. The number of hydrogen-bond acceptors (Lipinski definition) is 2. The molecule has 0 radical (unpaired) electrons. The number of piperidine rings is 1. The molecule has 1 heterocycles. The van der Waals surface area contributed by atoms with Crippen molar-refractivity contribution in [3.8, 4) is 0 Å². The van der Waals surface area contributed by atoms with Crippen molar-refractivity contribution in [1.29, 1.82) is 0 Å². The van der Waals surface area contributed by atoms with Crippen molar-refractivity contribution in [3.63, 3.8) is 0 Å². The number of likely N-dealkylation sites (tertiary alicyclic amines) is 1. The van der Waals surface area contributed by atoms with Crippen molar-refractivity contribution in [1.82, 2.24) is 10.2 Å². The second-order valence-electron chi connectivity index (χ2n) is 4.91. The topological polar surface area (TPSA) is 70.7 Å². The largest absolute Gasteiger partial charge is 0.370 e. The lowest BCUT2D eigenvalue weighted by molar-refractivity contribution is 0.0955. The standard InChI is InChI=1S/C15H22N4O.HI/c16-15(19-11-5-2-6-12-19)18-10-9-17-14(20)13-7-3-1-4-8-13;/h1,3-4,7-8H,2,5-6,9-12H2,(H2,16,18)(H,17,20);1H. The Morgan fingerprint density at radius 1 is 1.19 bits per heavy atom. The third kappa shape index (κ3) is 5.91. The summed E-state index contributed by atoms with van der Waals surface area (Å²) in [7, 11) is 0. The first-order valence-electron chi connectivity index (χ1n) is 7.15. The number of nitrogens with zero attached hydrogens (tertiary/aromatic N) is 2. The molecule has 1 amide bonds. The van der Waals surface area contributed by atoms with Crippen LogP contribution in [0.5, 0.6) is 0 Å². The van der Waals surface area contributed by atoms with Crippen LogP contribution in [0.25, 0.3) is 0 Å². The summed E-state index contributed by atoms with van der Waals surface area (Å²) in [6, 6.07) is 9.17. The lowest BCUT2D eigenvalue weighted by Crippen LogP contribution is -2.41. The van der Waals surface area contributed by atoms with Gasteiger partial charge in [-0.3, -0.25) is 9.79 Å². The number of halogens is 1. The van der Waals surface area contributed by atoms with Gasteiger partial charge >= 0.3 is 0 Å². The van der Waals surface area contributed by atoms with Crippen molar-refractivity contribution < 1.29 is 4.79 Å². The second kappa shape index (κ2) is 9.59. The normalized spacial score (nSPS) is 15.2. The maximum absolute atomic E-state index is 11.8. The molecule has 21 heavy (non-hydrogen) atoms. The molecule has 1 aliphatic rings. The van der Waals surface area contributed by atoms with E-state index < -0.39 is 0 Å². The number of nitrogens with two attached hydrogens (primary N) is 1. The lowest BCUT2D eigenvalue weighted by atomic mass is 10.1. The molecule has 1 fully saturated rings. The third-order valence-corrected chi connectivity index (χ3v) is 3.39. The number of rotatable bonds is 4. The molecular weight excluding hydrogens is 379 g/mol. The molecule has 6 heteroatoms. The Kier molecular flexibility index (Phi) is 8.11. The number of carbonyl (C=O) groups is 1. The number of amides is 1. The first kappa shape index (κ1) is 17.7. The molecule has 1 saturated heterocycles. The number of aliphatic imine (C=N–C) groups is 1. The van der Waals surface area contributed by atoms with Crippen LogP contribution in [0.3, 0.4) is 0 Å². The van der Waals surface area contributed by atoms with E-state index in [0.717, 1.165) is 13.1 Å². The minimum Gasteiger partial charge on any atom is -0.370 e. The zero-order valence-corrected chi connectivity index (χ0v) is 14.5. The molecule has 2 rings (SSSR count). The Morgan fingerprint density at radius 3 is 2.52 bits per heavy atom. The van der Waals surface area contributed by atoms with Crippen molar-refractivity contribution >= 4 is 35.8 Å². The Hall–Kier alpha value is -1.31. The minimum atomic E-state index is -0.0719. The van der Waals surface area contributed by atoms with Gasteiger partial charge in [-0.05, 0) is 31.4 Å². The van der Waals surface area contributed by atoms with Crippen molar-refractivity contribution in [2.75, 3.05) is 26.2 Å². The number of carbonyl (C=O) groups excluding carboxylic acids is 1. The number of benzene rings is 1. The zero-order valence-electron chi connectivity index (χ0n) is 12.1. The van der Waals surface area contributed by atoms with Crippen LogP contribution in [0, 0.1) is 0 Å². The SMILES string of the molecule is I.NC(=NCCNC(=O)c1ccccc1)N1CCCCC1. The van der Waals surface area contributed by atoms with E-state index in [9.17, 15) is 4.79 Å². The zero-order chi connectivity index (χ0) is 14.2. The molecule has 0 saturated carbocycles. The van der Waals surface area contributed by atoms with Gasteiger partial charge in [0, 0.05) is 25.2 Å². The van der Waals surface area contributed by atoms with Gasteiger partial charge in [-0.15, -0.1) is 24.0 Å². The number of nitrogens with one attached hydrogen (secondary N) is 1. The molecule has 0 atom stereocenters. The third-order valence-electron chi connectivity index (χ3n) is 3.39. The molecule has 3 N–H and O–H groups in total. The maximum atomic E-state index is 11.8. The van der Waals surface area contributed by atoms with E-state index in [0.29, 0.717) is 24.6 Å². The van der Waals surface area contributed by atoms with Gasteiger partial charge < -0.3 is 16.0 Å². The van der Waals surface area contributed by atoms with Crippen LogP contribution in [0.4, 0.5) is 0 Å². The smallest absolute Gasteiger partial charge is 0.251 e. The Bertz CT molecular complexity index is 458. The van der Waals surface area contributed by atoms with Gasteiger partial charge in [-0.25, -0.2) is 0 Å². The van der Waals surface area contributed by atoms with Gasteiger partial charge in [0.15, 0.2) is 5.96 Å². The summed E-state index contributed by atoms with van der Waals surface area (Å²) in [6.07, 6.45) is 3.64. The Morgan fingerprint density at radius 2 is 1.86 bits per heavy atom. The molecule has 0 aromatic heterocycles. The highest BCUT2D eigenvalue weighted by Crippen LogP contribution is 2.07. The fraction of sp³-hybridized carbons (Fsp3) is 0.467. The summed E-state index contributed by atoms with van der Waals surface area (Å²) in [5.41, 5.74) is 6.61. The summed E-state index contributed by atoms with van der Waals surface area (Å²) in [5, 5.41) is 2.84. The van der Waals surface area contributed by atoms with E-state index in [1.54, 1.807) is 12.1 Å². The fourth-order valence-corrected chi connectivity index (χ4v) is 2.25. The van der Waals surface area contributed by atoms with Crippen LogP contribution in [-0.2, 0) is 0 Å². The van der Waals surface area contributed by atoms with Crippen LogP contribution in [-0.4, -0.2) is 42.9 Å². The van der Waals surface area contributed by atoms with Crippen LogP contribution in [0.15, 0.2) is 35.3 Å². The molecule has 0 unspecified atom stereocenters. The molecule has 0 aliphatic carbocycles. The summed E-state index contributed by atoms with van der Waals surface area (Å²) in [4.78, 5) is 18.2. The molecule has 5 nitrogen and oxygen atoms in total. The predicted octanol–water partition coefficient (Wildman–Crippen LogP) is 1.84. The molecule has 116 valence electrons. The van der Waals surface area contributed by atoms with E-state index >= 15 is 0 Å². The molecule has 0 spiro atoms. The first-order chi connectivity index (χ1) is 9.77. The van der Waals surface area contributed by atoms with E-state index in [1.165, 1.54) is 19.3 Å². The molecule has 1 aromatic rings. The van der Waals surface area contributed by atoms with Gasteiger partial charge in [-0.2, -0.15) is 0 Å². The van der Waals surface area contributed by atoms with Crippen LogP contribution >= 0.6 is 24.0 Å². The molecule has 0 bridgehead atoms. The predicted molar refractivity (Wildman–Crippen MR) is 96.1 cm³/mol. The van der Waals surface area contributed by atoms with Crippen LogP contribution in [0.1, 0.15) is 29.6 Å². The van der Waals surface area contributed by atoms with Gasteiger partial charge in [0.25, 0.3) is 5.91 Å². The Labute approximate surface area is 143 Å². The lowest BCUT2D eigenvalue weighted by Gasteiger charge is -2.27. The molecule has 1 aromatic carbocycles. The van der Waals surface area contributed by atoms with E-state index in [2.05, 4.69) is 15.2 Å². The van der Waals surface area contributed by atoms with Gasteiger partial charge in [0.05, 0.1) is 6.54 Å². The van der Waals surface area contributed by atoms with E-state index in [-0.39, 0.29) is 29.9 Å². The average Bonchev–Trinajstić information content (AvgIpc) is 2.53. The highest BCUT2D eigenvalue weighted by molar-refractivity contribution is 14.0. The van der Waals surface area contributed by atoms with Crippen molar-refractivity contribution in [3.05, 3.63) is 35.9 Å². The number of hydrogen-bond donors (Lipinski definition) is 2. The minimum absolute atomic E-state index is 0. The highest BCUT2D eigenvalue weighted by atomic mass is 127. The van der Waals surface area contributed by atoms with Crippen molar-refractivity contribution in [2.24, 2.45) is 10.7 Å². The van der Waals surface area contributed by atoms with Crippen LogP contribution in [0.2, 0.25) is 0 Å². The van der Waals surface area contributed by atoms with Gasteiger partial charge in [0.2, 0.25) is 0 Å². The van der Waals surface area contributed by atoms with Gasteiger partial charge in [-0.1, -0.05) is 18.2 Å². The second-order valence-corrected chi connectivity index (χ2v) is 4.91. The average molecular weight is 402 g/mol. The molecular formula is C15H23IN4O. The summed E-state index contributed by atoms with van der Waals surface area (Å²) in [6.45, 7) is 3.00.